The molecule has 0 spiro atoms. The van der Waals surface area contributed by atoms with Crippen LogP contribution in [0.5, 0.6) is 0 Å². The Balaban J connectivity index is 1.82. The molecule has 0 aromatic heterocycles. The molecule has 1 saturated heterocycles. The molecular formula is C13H26N2. The van der Waals surface area contributed by atoms with E-state index in [-0.39, 0.29) is 0 Å². The van der Waals surface area contributed by atoms with Crippen molar-refractivity contribution in [3.8, 4) is 0 Å². The largest absolute Gasteiger partial charge is 0.314 e. The normalized spacial score (nSPS) is 31.4. The molecule has 0 radical (unpaired) electrons. The highest BCUT2D eigenvalue weighted by molar-refractivity contribution is 4.80. The third-order valence-electron chi connectivity index (χ3n) is 4.15. The summed E-state index contributed by atoms with van der Waals surface area (Å²) in [5, 5.41) is 3.66. The maximum Gasteiger partial charge on any atom is 0.00952 e. The van der Waals surface area contributed by atoms with Gasteiger partial charge in [-0.1, -0.05) is 19.8 Å². The first-order valence-electron chi connectivity index (χ1n) is 6.87. The molecule has 1 atom stereocenters. The quantitative estimate of drug-likeness (QED) is 0.753. The summed E-state index contributed by atoms with van der Waals surface area (Å²) in [5.41, 5.74) is 0. The molecule has 15 heavy (non-hydrogen) atoms. The second kappa shape index (κ2) is 5.86. The Bertz CT molecular complexity index is 175. The summed E-state index contributed by atoms with van der Waals surface area (Å²) in [6.07, 6.45) is 9.85. The van der Waals surface area contributed by atoms with Gasteiger partial charge in [0.2, 0.25) is 0 Å². The van der Waals surface area contributed by atoms with Crippen molar-refractivity contribution in [2.24, 2.45) is 0 Å². The van der Waals surface area contributed by atoms with E-state index in [9.17, 15) is 0 Å². The molecule has 0 aromatic rings. The van der Waals surface area contributed by atoms with Gasteiger partial charge in [0, 0.05) is 12.1 Å². The zero-order chi connectivity index (χ0) is 10.5. The Morgan fingerprint density at radius 1 is 1.07 bits per heavy atom. The zero-order valence-electron chi connectivity index (χ0n) is 10.2. The van der Waals surface area contributed by atoms with Gasteiger partial charge in [0.15, 0.2) is 0 Å². The molecule has 0 bridgehead atoms. The van der Waals surface area contributed by atoms with Gasteiger partial charge in [0.25, 0.3) is 0 Å². The molecular weight excluding hydrogens is 184 g/mol. The first-order valence-corrected chi connectivity index (χ1v) is 6.87. The molecule has 1 aliphatic heterocycles. The minimum absolute atomic E-state index is 0.772. The number of hydrogen-bond acceptors (Lipinski definition) is 2. The molecule has 1 aliphatic carbocycles. The number of nitrogens with zero attached hydrogens (tertiary/aromatic N) is 1. The highest BCUT2D eigenvalue weighted by Gasteiger charge is 2.23. The van der Waals surface area contributed by atoms with E-state index in [0.717, 1.165) is 12.1 Å². The maximum absolute atomic E-state index is 3.66. The van der Waals surface area contributed by atoms with E-state index < -0.39 is 0 Å². The van der Waals surface area contributed by atoms with Gasteiger partial charge in [0.05, 0.1) is 0 Å². The fraction of sp³-hybridized carbons (Fsp3) is 1.00. The van der Waals surface area contributed by atoms with Crippen LogP contribution >= 0.6 is 0 Å². The van der Waals surface area contributed by atoms with Crippen molar-refractivity contribution in [1.29, 1.82) is 0 Å². The fourth-order valence-electron chi connectivity index (χ4n) is 3.11. The van der Waals surface area contributed by atoms with Gasteiger partial charge in [-0.25, -0.2) is 0 Å². The van der Waals surface area contributed by atoms with Crippen LogP contribution in [0, 0.1) is 0 Å². The Hall–Kier alpha value is -0.0800. The van der Waals surface area contributed by atoms with Crippen LogP contribution in [0.3, 0.4) is 0 Å². The standard InChI is InChI=1S/C13H26N2/c1-2-12-8-11-15(10-5-9-14-12)13-6-3-4-7-13/h12-14H,2-11H2,1H3. The number of nitrogens with one attached hydrogen (secondary N) is 1. The third-order valence-corrected chi connectivity index (χ3v) is 4.15. The van der Waals surface area contributed by atoms with Crippen LogP contribution in [0.4, 0.5) is 0 Å². The van der Waals surface area contributed by atoms with Crippen molar-refractivity contribution in [2.45, 2.75) is 64.0 Å². The Morgan fingerprint density at radius 2 is 1.87 bits per heavy atom. The monoisotopic (exact) mass is 210 g/mol. The van der Waals surface area contributed by atoms with Gasteiger partial charge in [0.1, 0.15) is 0 Å². The SMILES string of the molecule is CCC1CCN(C2CCCC2)CCCN1. The minimum atomic E-state index is 0.772. The lowest BCUT2D eigenvalue weighted by Crippen LogP contribution is -2.43. The molecule has 2 aliphatic rings. The molecule has 0 amide bonds. The lowest BCUT2D eigenvalue weighted by molar-refractivity contribution is 0.172. The predicted molar refractivity (Wildman–Crippen MR) is 65.1 cm³/mol. The van der Waals surface area contributed by atoms with E-state index in [2.05, 4.69) is 17.1 Å². The van der Waals surface area contributed by atoms with Crippen LogP contribution in [0.1, 0.15) is 51.9 Å². The second-order valence-electron chi connectivity index (χ2n) is 5.18. The van der Waals surface area contributed by atoms with Gasteiger partial charge in [-0.15, -0.1) is 0 Å². The summed E-state index contributed by atoms with van der Waals surface area (Å²) in [6.45, 7) is 6.19. The van der Waals surface area contributed by atoms with Crippen LogP contribution in [0.25, 0.3) is 0 Å². The summed E-state index contributed by atoms with van der Waals surface area (Å²) in [5.74, 6) is 0. The fourth-order valence-corrected chi connectivity index (χ4v) is 3.11. The van der Waals surface area contributed by atoms with E-state index in [0.29, 0.717) is 0 Å². The van der Waals surface area contributed by atoms with Crippen molar-refractivity contribution in [1.82, 2.24) is 10.2 Å². The molecule has 0 aromatic carbocycles. The first kappa shape index (κ1) is 11.4. The van der Waals surface area contributed by atoms with Crippen LogP contribution in [0.2, 0.25) is 0 Å². The van der Waals surface area contributed by atoms with E-state index in [4.69, 9.17) is 0 Å². The first-order chi connectivity index (χ1) is 7.40. The lowest BCUT2D eigenvalue weighted by atomic mass is 10.1. The Kier molecular flexibility index (Phi) is 4.45. The summed E-state index contributed by atoms with van der Waals surface area (Å²) in [7, 11) is 0. The van der Waals surface area contributed by atoms with Gasteiger partial charge in [-0.2, -0.15) is 0 Å². The number of hydrogen-bond donors (Lipinski definition) is 1. The second-order valence-corrected chi connectivity index (χ2v) is 5.18. The Labute approximate surface area is 94.4 Å². The van der Waals surface area contributed by atoms with Gasteiger partial charge >= 0.3 is 0 Å². The van der Waals surface area contributed by atoms with Crippen molar-refractivity contribution in [2.75, 3.05) is 19.6 Å². The van der Waals surface area contributed by atoms with Crippen molar-refractivity contribution < 1.29 is 0 Å². The average molecular weight is 210 g/mol. The van der Waals surface area contributed by atoms with Crippen molar-refractivity contribution >= 4 is 0 Å². The molecule has 2 heteroatoms. The van der Waals surface area contributed by atoms with Gasteiger partial charge in [-0.05, 0) is 51.7 Å². The van der Waals surface area contributed by atoms with E-state index in [1.165, 1.54) is 64.6 Å². The average Bonchev–Trinajstić information content (AvgIpc) is 2.71. The van der Waals surface area contributed by atoms with E-state index in [1.54, 1.807) is 0 Å². The third kappa shape index (κ3) is 3.18. The molecule has 88 valence electrons. The summed E-state index contributed by atoms with van der Waals surface area (Å²) < 4.78 is 0. The minimum Gasteiger partial charge on any atom is -0.314 e. The molecule has 1 heterocycles. The van der Waals surface area contributed by atoms with Gasteiger partial charge in [-0.3, -0.25) is 0 Å². The van der Waals surface area contributed by atoms with Crippen LogP contribution < -0.4 is 5.32 Å². The molecule has 2 nitrogen and oxygen atoms in total. The lowest BCUT2D eigenvalue weighted by Gasteiger charge is -2.33. The molecule has 1 saturated carbocycles. The highest BCUT2D eigenvalue weighted by Crippen LogP contribution is 2.24. The topological polar surface area (TPSA) is 15.3 Å². The van der Waals surface area contributed by atoms with Crippen molar-refractivity contribution in [3.63, 3.8) is 0 Å². The summed E-state index contributed by atoms with van der Waals surface area (Å²) in [4.78, 5) is 2.77. The molecule has 2 fully saturated rings. The molecule has 2 rings (SSSR count). The van der Waals surface area contributed by atoms with E-state index >= 15 is 0 Å². The smallest absolute Gasteiger partial charge is 0.00952 e. The molecule has 1 N–H and O–H groups in total. The molecule has 1 unspecified atom stereocenters. The van der Waals surface area contributed by atoms with Crippen LogP contribution in [0.15, 0.2) is 0 Å². The van der Waals surface area contributed by atoms with Crippen LogP contribution in [-0.2, 0) is 0 Å². The number of rotatable bonds is 2. The van der Waals surface area contributed by atoms with Crippen molar-refractivity contribution in [3.05, 3.63) is 0 Å². The predicted octanol–water partition coefficient (Wildman–Crippen LogP) is 2.39. The summed E-state index contributed by atoms with van der Waals surface area (Å²) >= 11 is 0. The van der Waals surface area contributed by atoms with E-state index in [1.807, 2.05) is 0 Å². The summed E-state index contributed by atoms with van der Waals surface area (Å²) in [6, 6.07) is 1.70. The van der Waals surface area contributed by atoms with Gasteiger partial charge < -0.3 is 10.2 Å². The highest BCUT2D eigenvalue weighted by atomic mass is 15.2. The van der Waals surface area contributed by atoms with Crippen LogP contribution in [-0.4, -0.2) is 36.6 Å². The Morgan fingerprint density at radius 3 is 2.60 bits per heavy atom. The maximum atomic E-state index is 3.66. The zero-order valence-corrected chi connectivity index (χ0v) is 10.2.